The van der Waals surface area contributed by atoms with Crippen LogP contribution in [0.2, 0.25) is 0 Å². The van der Waals surface area contributed by atoms with E-state index in [2.05, 4.69) is 0 Å². The van der Waals surface area contributed by atoms with Crippen molar-refractivity contribution in [2.24, 2.45) is 0 Å². The minimum atomic E-state index is -4.79. The zero-order valence-corrected chi connectivity index (χ0v) is 13.0. The molecule has 0 amide bonds. The largest absolute Gasteiger partial charge is 0.416 e. The van der Waals surface area contributed by atoms with E-state index in [1.165, 1.54) is 0 Å². The van der Waals surface area contributed by atoms with Gasteiger partial charge in [0.1, 0.15) is 0 Å². The summed E-state index contributed by atoms with van der Waals surface area (Å²) in [6.07, 6.45) is -9.57. The summed E-state index contributed by atoms with van der Waals surface area (Å²) in [5.74, 6) is 0. The first-order chi connectivity index (χ1) is 9.34. The molecule has 0 bridgehead atoms. The minimum absolute atomic E-state index is 0.00423. The van der Waals surface area contributed by atoms with Gasteiger partial charge in [-0.15, -0.1) is 0 Å². The van der Waals surface area contributed by atoms with Gasteiger partial charge in [0.05, 0.1) is 11.1 Å². The summed E-state index contributed by atoms with van der Waals surface area (Å²) >= 11 is 0. The first kappa shape index (κ1) is 18.3. The summed E-state index contributed by atoms with van der Waals surface area (Å²) in [6, 6.07) is 1.90. The van der Waals surface area contributed by atoms with E-state index in [-0.39, 0.29) is 22.7 Å². The molecule has 0 aromatic heterocycles. The zero-order chi connectivity index (χ0) is 16.6. The van der Waals surface area contributed by atoms with Crippen molar-refractivity contribution >= 4 is 13.2 Å². The summed E-state index contributed by atoms with van der Waals surface area (Å²) in [7, 11) is -1.10. The van der Waals surface area contributed by atoms with E-state index in [9.17, 15) is 26.3 Å². The van der Waals surface area contributed by atoms with Gasteiger partial charge in [-0.2, -0.15) is 26.3 Å². The summed E-state index contributed by atoms with van der Waals surface area (Å²) < 4.78 is 77.0. The maximum atomic E-state index is 12.8. The fraction of sp³-hybridized carbons (Fsp3) is 0.571. The Morgan fingerprint density at radius 3 is 1.29 bits per heavy atom. The van der Waals surface area contributed by atoms with Gasteiger partial charge in [-0.05, 0) is 34.8 Å². The molecule has 1 aromatic carbocycles. The molecule has 0 N–H and O–H groups in total. The van der Waals surface area contributed by atoms with Gasteiger partial charge in [-0.25, -0.2) is 0 Å². The van der Waals surface area contributed by atoms with Crippen LogP contribution in [0.1, 0.15) is 38.8 Å². The number of rotatable bonds is 3. The molecule has 0 heterocycles. The SMILES string of the molecule is CC(C)P(c1cc(C(F)(F)F)cc(C(F)(F)F)c1)C(C)C. The standard InChI is InChI=1S/C14H17F6P/c1-8(2)21(9(3)4)12-6-10(13(15,16)17)5-11(7-12)14(18,19)20/h5-9H,1-4H3. The van der Waals surface area contributed by atoms with Crippen molar-refractivity contribution in [3.63, 3.8) is 0 Å². The van der Waals surface area contributed by atoms with Crippen LogP contribution in [-0.2, 0) is 12.4 Å². The van der Waals surface area contributed by atoms with Gasteiger partial charge < -0.3 is 0 Å². The van der Waals surface area contributed by atoms with Crippen LogP contribution in [0.5, 0.6) is 0 Å². The maximum Gasteiger partial charge on any atom is 0.416 e. The number of hydrogen-bond acceptors (Lipinski definition) is 0. The molecule has 0 aliphatic carbocycles. The lowest BCUT2D eigenvalue weighted by atomic mass is 10.1. The van der Waals surface area contributed by atoms with Crippen molar-refractivity contribution in [1.82, 2.24) is 0 Å². The van der Waals surface area contributed by atoms with E-state index < -0.39 is 31.4 Å². The molecule has 0 unspecified atom stereocenters. The molecule has 120 valence electrons. The lowest BCUT2D eigenvalue weighted by Gasteiger charge is -2.27. The third-order valence-corrected chi connectivity index (χ3v) is 6.06. The first-order valence-electron chi connectivity index (χ1n) is 6.42. The molecule has 0 aliphatic rings. The fourth-order valence-electron chi connectivity index (χ4n) is 2.28. The molecule has 0 nitrogen and oxygen atoms in total. The predicted molar refractivity (Wildman–Crippen MR) is 73.3 cm³/mol. The highest BCUT2D eigenvalue weighted by molar-refractivity contribution is 7.66. The maximum absolute atomic E-state index is 12.8. The molecule has 0 atom stereocenters. The first-order valence-corrected chi connectivity index (χ1v) is 7.90. The Labute approximate surface area is 121 Å². The second-order valence-electron chi connectivity index (χ2n) is 5.36. The van der Waals surface area contributed by atoms with Crippen LogP contribution in [0.3, 0.4) is 0 Å². The van der Waals surface area contributed by atoms with Gasteiger partial charge in [-0.3, -0.25) is 0 Å². The van der Waals surface area contributed by atoms with Gasteiger partial charge in [0.15, 0.2) is 0 Å². The molecular weight excluding hydrogens is 313 g/mol. The third kappa shape index (κ3) is 4.60. The highest BCUT2D eigenvalue weighted by Crippen LogP contribution is 2.47. The van der Waals surface area contributed by atoms with Crippen molar-refractivity contribution in [2.45, 2.75) is 51.4 Å². The molecule has 0 aliphatic heterocycles. The van der Waals surface area contributed by atoms with E-state index in [0.717, 1.165) is 12.1 Å². The van der Waals surface area contributed by atoms with Crippen LogP contribution in [-0.4, -0.2) is 11.3 Å². The number of hydrogen-bond donors (Lipinski definition) is 0. The van der Waals surface area contributed by atoms with Gasteiger partial charge in [0.25, 0.3) is 0 Å². The average Bonchev–Trinajstić information content (AvgIpc) is 2.25. The molecule has 0 saturated heterocycles. The molecule has 21 heavy (non-hydrogen) atoms. The number of halogens is 6. The van der Waals surface area contributed by atoms with Crippen LogP contribution >= 0.6 is 7.92 Å². The summed E-state index contributed by atoms with van der Waals surface area (Å²) in [5, 5.41) is 0.150. The zero-order valence-electron chi connectivity index (χ0n) is 12.1. The quantitative estimate of drug-likeness (QED) is 0.496. The molecule has 1 rings (SSSR count). The smallest absolute Gasteiger partial charge is 0.166 e. The van der Waals surface area contributed by atoms with Crippen molar-refractivity contribution in [1.29, 1.82) is 0 Å². The number of benzene rings is 1. The molecule has 7 heteroatoms. The second kappa shape index (κ2) is 6.15. The topological polar surface area (TPSA) is 0 Å². The molecule has 1 aromatic rings. The molecule has 0 radical (unpaired) electrons. The number of alkyl halides is 6. The van der Waals surface area contributed by atoms with Crippen molar-refractivity contribution < 1.29 is 26.3 Å². The van der Waals surface area contributed by atoms with E-state index in [0.29, 0.717) is 0 Å². The van der Waals surface area contributed by atoms with E-state index in [4.69, 9.17) is 0 Å². The molecule has 0 fully saturated rings. The van der Waals surface area contributed by atoms with Crippen LogP contribution in [0.4, 0.5) is 26.3 Å². The average molecular weight is 330 g/mol. The van der Waals surface area contributed by atoms with E-state index >= 15 is 0 Å². The lowest BCUT2D eigenvalue weighted by Crippen LogP contribution is -2.20. The third-order valence-electron chi connectivity index (χ3n) is 2.98. The van der Waals surface area contributed by atoms with Crippen molar-refractivity contribution in [3.05, 3.63) is 29.3 Å². The minimum Gasteiger partial charge on any atom is -0.166 e. The Balaban J connectivity index is 3.51. The van der Waals surface area contributed by atoms with Crippen LogP contribution in [0.25, 0.3) is 0 Å². The van der Waals surface area contributed by atoms with Crippen LogP contribution in [0, 0.1) is 0 Å². The van der Waals surface area contributed by atoms with E-state index in [1.54, 1.807) is 0 Å². The monoisotopic (exact) mass is 330 g/mol. The predicted octanol–water partition coefficient (Wildman–Crippen LogP) is 5.65. The van der Waals surface area contributed by atoms with Gasteiger partial charge >= 0.3 is 12.4 Å². The molecule has 0 saturated carbocycles. The Bertz CT molecular complexity index is 447. The Kier molecular flexibility index (Phi) is 5.36. The van der Waals surface area contributed by atoms with Gasteiger partial charge in [-0.1, -0.05) is 35.6 Å². The lowest BCUT2D eigenvalue weighted by molar-refractivity contribution is -0.142. The highest BCUT2D eigenvalue weighted by Gasteiger charge is 2.38. The van der Waals surface area contributed by atoms with Crippen LogP contribution in [0.15, 0.2) is 18.2 Å². The van der Waals surface area contributed by atoms with Gasteiger partial charge in [0.2, 0.25) is 0 Å². The van der Waals surface area contributed by atoms with E-state index in [1.807, 2.05) is 27.7 Å². The second-order valence-corrected chi connectivity index (χ2v) is 8.76. The summed E-state index contributed by atoms with van der Waals surface area (Å²) in [5.41, 5.74) is -2.46. The summed E-state index contributed by atoms with van der Waals surface area (Å²) in [6.45, 7) is 7.27. The Hall–Kier alpha value is -0.770. The Morgan fingerprint density at radius 1 is 0.714 bits per heavy atom. The summed E-state index contributed by atoms with van der Waals surface area (Å²) in [4.78, 5) is 0. The van der Waals surface area contributed by atoms with Crippen molar-refractivity contribution in [2.75, 3.05) is 0 Å². The highest BCUT2D eigenvalue weighted by atomic mass is 31.1. The van der Waals surface area contributed by atoms with Crippen molar-refractivity contribution in [3.8, 4) is 0 Å². The molecule has 0 spiro atoms. The Morgan fingerprint density at radius 2 is 1.05 bits per heavy atom. The fourth-order valence-corrected chi connectivity index (χ4v) is 5.24. The van der Waals surface area contributed by atoms with Crippen LogP contribution < -0.4 is 5.30 Å². The van der Waals surface area contributed by atoms with Gasteiger partial charge in [0, 0.05) is 0 Å². The molecular formula is C14H17F6P. The normalized spacial score (nSPS) is 13.6.